The van der Waals surface area contributed by atoms with Gasteiger partial charge in [-0.3, -0.25) is 4.79 Å². The summed E-state index contributed by atoms with van der Waals surface area (Å²) in [6, 6.07) is 11.1. The molecule has 5 nitrogen and oxygen atoms in total. The number of primary amides is 1. The highest BCUT2D eigenvalue weighted by Gasteiger charge is 2.01. The molecule has 5 N–H and O–H groups in total. The molecule has 5 heteroatoms. The number of nitrogens with two attached hydrogens (primary N) is 2. The van der Waals surface area contributed by atoms with Crippen molar-refractivity contribution < 1.29 is 4.79 Å². The largest absolute Gasteiger partial charge is 0.366 e. The lowest BCUT2D eigenvalue weighted by Gasteiger charge is -2.07. The summed E-state index contributed by atoms with van der Waals surface area (Å²) in [4.78, 5) is 15.0. The third-order valence-electron chi connectivity index (χ3n) is 2.48. The molecule has 0 unspecified atom stereocenters. The highest BCUT2D eigenvalue weighted by Crippen LogP contribution is 2.15. The number of rotatable bonds is 4. The number of carbonyl (C=O) groups is 1. The van der Waals surface area contributed by atoms with Crippen molar-refractivity contribution in [3.63, 3.8) is 0 Å². The van der Waals surface area contributed by atoms with Gasteiger partial charge >= 0.3 is 0 Å². The van der Waals surface area contributed by atoms with Gasteiger partial charge < -0.3 is 16.8 Å². The smallest absolute Gasteiger partial charge is 0.250 e. The fourth-order valence-corrected chi connectivity index (χ4v) is 1.54. The highest BCUT2D eigenvalue weighted by atomic mass is 16.1. The zero-order valence-electron chi connectivity index (χ0n) is 9.76. The van der Waals surface area contributed by atoms with Gasteiger partial charge in [0.2, 0.25) is 5.91 Å². The standard InChI is InChI=1S/C13H14N4O/c14-7-9-2-1-3-11(6-9)17-12-5-4-10(8-16-12)13(15)18/h1-6,8H,7,14H2,(H2,15,18)(H,16,17). The first-order valence-corrected chi connectivity index (χ1v) is 5.51. The van der Waals surface area contributed by atoms with Crippen molar-refractivity contribution in [1.82, 2.24) is 4.98 Å². The maximum Gasteiger partial charge on any atom is 0.250 e. The van der Waals surface area contributed by atoms with Gasteiger partial charge in [0.05, 0.1) is 5.56 Å². The molecule has 0 aliphatic carbocycles. The first-order valence-electron chi connectivity index (χ1n) is 5.51. The number of pyridine rings is 1. The molecular weight excluding hydrogens is 228 g/mol. The minimum absolute atomic E-state index is 0.385. The predicted molar refractivity (Wildman–Crippen MR) is 70.4 cm³/mol. The molecule has 1 heterocycles. The van der Waals surface area contributed by atoms with Crippen LogP contribution < -0.4 is 16.8 Å². The minimum atomic E-state index is -0.487. The lowest BCUT2D eigenvalue weighted by Crippen LogP contribution is -2.11. The molecule has 1 amide bonds. The SMILES string of the molecule is NCc1cccc(Nc2ccc(C(N)=O)cn2)c1. The summed E-state index contributed by atoms with van der Waals surface area (Å²) in [6.45, 7) is 0.490. The lowest BCUT2D eigenvalue weighted by atomic mass is 10.2. The lowest BCUT2D eigenvalue weighted by molar-refractivity contribution is 0.1000. The van der Waals surface area contributed by atoms with E-state index in [2.05, 4.69) is 10.3 Å². The van der Waals surface area contributed by atoms with E-state index in [1.807, 2.05) is 24.3 Å². The molecule has 0 bridgehead atoms. The molecule has 1 aromatic heterocycles. The van der Waals surface area contributed by atoms with Crippen molar-refractivity contribution in [3.8, 4) is 0 Å². The van der Waals surface area contributed by atoms with E-state index in [9.17, 15) is 4.79 Å². The molecule has 1 aromatic carbocycles. The molecule has 2 aromatic rings. The average Bonchev–Trinajstić information content (AvgIpc) is 2.39. The summed E-state index contributed by atoms with van der Waals surface area (Å²) >= 11 is 0. The Bertz CT molecular complexity index is 551. The van der Waals surface area contributed by atoms with Gasteiger partial charge in [-0.2, -0.15) is 0 Å². The van der Waals surface area contributed by atoms with Crippen LogP contribution in [0, 0.1) is 0 Å². The molecule has 0 radical (unpaired) electrons. The van der Waals surface area contributed by atoms with Crippen LogP contribution in [0.2, 0.25) is 0 Å². The molecule has 0 aliphatic heterocycles. The fourth-order valence-electron chi connectivity index (χ4n) is 1.54. The number of anilines is 2. The quantitative estimate of drug-likeness (QED) is 0.755. The normalized spacial score (nSPS) is 10.1. The Hall–Kier alpha value is -2.40. The second kappa shape index (κ2) is 5.29. The Morgan fingerprint density at radius 2 is 2.11 bits per heavy atom. The van der Waals surface area contributed by atoms with Gasteiger partial charge in [0.25, 0.3) is 0 Å². The van der Waals surface area contributed by atoms with E-state index in [4.69, 9.17) is 11.5 Å². The van der Waals surface area contributed by atoms with E-state index in [1.54, 1.807) is 12.1 Å². The molecule has 0 fully saturated rings. The van der Waals surface area contributed by atoms with Gasteiger partial charge in [0.1, 0.15) is 5.82 Å². The number of hydrogen-bond acceptors (Lipinski definition) is 4. The number of nitrogens with zero attached hydrogens (tertiary/aromatic N) is 1. The summed E-state index contributed by atoms with van der Waals surface area (Å²) in [7, 11) is 0. The molecular formula is C13H14N4O. The van der Waals surface area contributed by atoms with Gasteiger partial charge in [0.15, 0.2) is 0 Å². The molecule has 0 saturated carbocycles. The zero-order valence-corrected chi connectivity index (χ0v) is 9.76. The zero-order chi connectivity index (χ0) is 13.0. The third-order valence-corrected chi connectivity index (χ3v) is 2.48. The number of benzene rings is 1. The molecule has 0 aliphatic rings. The highest BCUT2D eigenvalue weighted by molar-refractivity contribution is 5.92. The minimum Gasteiger partial charge on any atom is -0.366 e. The third kappa shape index (κ3) is 2.83. The Labute approximate surface area is 105 Å². The van der Waals surface area contributed by atoms with Crippen LogP contribution in [0.4, 0.5) is 11.5 Å². The second-order valence-electron chi connectivity index (χ2n) is 3.83. The van der Waals surface area contributed by atoms with Gasteiger partial charge in [0, 0.05) is 18.4 Å². The van der Waals surface area contributed by atoms with E-state index in [0.29, 0.717) is 17.9 Å². The number of carbonyl (C=O) groups excluding carboxylic acids is 1. The second-order valence-corrected chi connectivity index (χ2v) is 3.83. The topological polar surface area (TPSA) is 94.0 Å². The average molecular weight is 242 g/mol. The summed E-state index contributed by atoms with van der Waals surface area (Å²) < 4.78 is 0. The predicted octanol–water partition coefficient (Wildman–Crippen LogP) is 1.38. The van der Waals surface area contributed by atoms with Gasteiger partial charge in [-0.25, -0.2) is 4.98 Å². The maximum absolute atomic E-state index is 10.9. The summed E-state index contributed by atoms with van der Waals surface area (Å²) in [5, 5.41) is 3.13. The van der Waals surface area contributed by atoms with E-state index >= 15 is 0 Å². The van der Waals surface area contributed by atoms with Crippen molar-refractivity contribution in [3.05, 3.63) is 53.7 Å². The first kappa shape index (κ1) is 12.1. The van der Waals surface area contributed by atoms with E-state index < -0.39 is 5.91 Å². The Balaban J connectivity index is 2.15. The van der Waals surface area contributed by atoms with Gasteiger partial charge in [-0.1, -0.05) is 12.1 Å². The van der Waals surface area contributed by atoms with Crippen molar-refractivity contribution >= 4 is 17.4 Å². The van der Waals surface area contributed by atoms with Crippen LogP contribution in [-0.2, 0) is 6.54 Å². The van der Waals surface area contributed by atoms with E-state index in [-0.39, 0.29) is 0 Å². The van der Waals surface area contributed by atoms with Crippen LogP contribution in [-0.4, -0.2) is 10.9 Å². The van der Waals surface area contributed by atoms with Crippen LogP contribution in [0.5, 0.6) is 0 Å². The summed E-state index contributed by atoms with van der Waals surface area (Å²) in [5.74, 6) is 0.161. The van der Waals surface area contributed by atoms with Gasteiger partial charge in [-0.05, 0) is 29.8 Å². The van der Waals surface area contributed by atoms with Crippen LogP contribution in [0.15, 0.2) is 42.6 Å². The van der Waals surface area contributed by atoms with Crippen LogP contribution in [0.25, 0.3) is 0 Å². The number of amides is 1. The van der Waals surface area contributed by atoms with Crippen molar-refractivity contribution in [1.29, 1.82) is 0 Å². The summed E-state index contributed by atoms with van der Waals surface area (Å²) in [5.41, 5.74) is 13.0. The Morgan fingerprint density at radius 3 is 2.72 bits per heavy atom. The molecule has 92 valence electrons. The van der Waals surface area contributed by atoms with Crippen molar-refractivity contribution in [2.75, 3.05) is 5.32 Å². The Morgan fingerprint density at radius 1 is 1.28 bits per heavy atom. The summed E-state index contributed by atoms with van der Waals surface area (Å²) in [6.07, 6.45) is 1.44. The fraction of sp³-hybridized carbons (Fsp3) is 0.0769. The van der Waals surface area contributed by atoms with E-state index in [1.165, 1.54) is 6.20 Å². The molecule has 0 saturated heterocycles. The van der Waals surface area contributed by atoms with Crippen LogP contribution >= 0.6 is 0 Å². The number of aromatic nitrogens is 1. The molecule has 2 rings (SSSR count). The van der Waals surface area contributed by atoms with Crippen molar-refractivity contribution in [2.24, 2.45) is 11.5 Å². The maximum atomic E-state index is 10.9. The van der Waals surface area contributed by atoms with E-state index in [0.717, 1.165) is 11.3 Å². The van der Waals surface area contributed by atoms with Crippen LogP contribution in [0.1, 0.15) is 15.9 Å². The molecule has 0 spiro atoms. The van der Waals surface area contributed by atoms with Crippen molar-refractivity contribution in [2.45, 2.75) is 6.54 Å². The monoisotopic (exact) mass is 242 g/mol. The number of hydrogen-bond donors (Lipinski definition) is 3. The molecule has 0 atom stereocenters. The first-order chi connectivity index (χ1) is 8.69. The van der Waals surface area contributed by atoms with Crippen LogP contribution in [0.3, 0.4) is 0 Å². The van der Waals surface area contributed by atoms with Gasteiger partial charge in [-0.15, -0.1) is 0 Å². The number of nitrogens with one attached hydrogen (secondary N) is 1. The Kier molecular flexibility index (Phi) is 3.54. The molecule has 18 heavy (non-hydrogen) atoms.